The smallest absolute Gasteiger partial charge is 0.422 e. The van der Waals surface area contributed by atoms with Gasteiger partial charge in [-0.05, 0) is 32.9 Å². The topological polar surface area (TPSA) is 157 Å². The lowest BCUT2D eigenvalue weighted by Crippen LogP contribution is -2.39. The van der Waals surface area contributed by atoms with Crippen LogP contribution in [-0.4, -0.2) is 68.9 Å². The number of nitrogens with zero attached hydrogens (tertiary/aromatic N) is 3. The standard InChI is InChI=1S/C21H25N3O9/c1-13(2)24(11-14(3)32-20(29)18(25)26)16-10-15(33-21(30)19(27)28)4-5-17(16)31-9-8-23-7-6-22-12-23/h4-7,10,12-14H,8-9,11H2,1-3H3,(H,25,26)(H,27,28). The number of hydrogen-bond donors (Lipinski definition) is 2. The summed E-state index contributed by atoms with van der Waals surface area (Å²) in [7, 11) is 0. The molecule has 0 aliphatic carbocycles. The fourth-order valence-electron chi connectivity index (χ4n) is 2.87. The third-order valence-corrected chi connectivity index (χ3v) is 4.35. The van der Waals surface area contributed by atoms with Gasteiger partial charge in [0.1, 0.15) is 24.2 Å². The molecule has 0 fully saturated rings. The molecule has 1 aromatic heterocycles. The van der Waals surface area contributed by atoms with E-state index in [1.54, 1.807) is 23.6 Å². The first-order chi connectivity index (χ1) is 15.6. The highest BCUT2D eigenvalue weighted by atomic mass is 16.6. The molecule has 0 aliphatic rings. The largest absolute Gasteiger partial charge is 0.490 e. The number of carbonyl (C=O) groups excluding carboxylic acids is 2. The molecule has 0 radical (unpaired) electrons. The molecule has 0 aliphatic heterocycles. The summed E-state index contributed by atoms with van der Waals surface area (Å²) >= 11 is 0. The van der Waals surface area contributed by atoms with Gasteiger partial charge in [0.25, 0.3) is 0 Å². The van der Waals surface area contributed by atoms with Gasteiger partial charge in [-0.25, -0.2) is 24.2 Å². The molecule has 0 amide bonds. The van der Waals surface area contributed by atoms with Crippen molar-refractivity contribution in [3.8, 4) is 11.5 Å². The van der Waals surface area contributed by atoms with Crippen LogP contribution in [0.4, 0.5) is 5.69 Å². The Balaban J connectivity index is 2.30. The Labute approximate surface area is 189 Å². The van der Waals surface area contributed by atoms with Gasteiger partial charge in [0.2, 0.25) is 0 Å². The Kier molecular flexibility index (Phi) is 8.78. The van der Waals surface area contributed by atoms with Crippen molar-refractivity contribution in [3.63, 3.8) is 0 Å². The predicted octanol–water partition coefficient (Wildman–Crippen LogP) is 1.18. The molecule has 1 unspecified atom stereocenters. The van der Waals surface area contributed by atoms with Crippen molar-refractivity contribution in [3.05, 3.63) is 36.9 Å². The van der Waals surface area contributed by atoms with Gasteiger partial charge in [-0.1, -0.05) is 0 Å². The average Bonchev–Trinajstić information content (AvgIpc) is 3.26. The zero-order valence-corrected chi connectivity index (χ0v) is 18.3. The molecule has 178 valence electrons. The highest BCUT2D eigenvalue weighted by Gasteiger charge is 2.24. The van der Waals surface area contributed by atoms with Crippen LogP contribution in [0.1, 0.15) is 20.8 Å². The Morgan fingerprint density at radius 1 is 1.09 bits per heavy atom. The van der Waals surface area contributed by atoms with Crippen LogP contribution in [0.15, 0.2) is 36.9 Å². The molecule has 1 atom stereocenters. The molecule has 2 aromatic rings. The van der Waals surface area contributed by atoms with Crippen LogP contribution < -0.4 is 14.4 Å². The zero-order valence-electron chi connectivity index (χ0n) is 18.3. The summed E-state index contributed by atoms with van der Waals surface area (Å²) in [6.07, 6.45) is 4.24. The number of esters is 2. The number of ether oxygens (including phenoxy) is 3. The normalized spacial score (nSPS) is 11.5. The minimum absolute atomic E-state index is 0.0276. The monoisotopic (exact) mass is 463 g/mol. The Morgan fingerprint density at radius 3 is 2.36 bits per heavy atom. The summed E-state index contributed by atoms with van der Waals surface area (Å²) in [4.78, 5) is 50.2. The van der Waals surface area contributed by atoms with Crippen LogP contribution in [-0.2, 0) is 30.5 Å². The van der Waals surface area contributed by atoms with Crippen molar-refractivity contribution >= 4 is 29.6 Å². The highest BCUT2D eigenvalue weighted by Crippen LogP contribution is 2.34. The molecule has 0 bridgehead atoms. The van der Waals surface area contributed by atoms with Gasteiger partial charge in [-0.15, -0.1) is 0 Å². The van der Waals surface area contributed by atoms with E-state index in [2.05, 4.69) is 4.98 Å². The molecule has 1 aromatic carbocycles. The van der Waals surface area contributed by atoms with E-state index in [-0.39, 0.29) is 24.9 Å². The number of aliphatic carboxylic acids is 2. The van der Waals surface area contributed by atoms with E-state index in [0.29, 0.717) is 18.0 Å². The van der Waals surface area contributed by atoms with E-state index in [1.807, 2.05) is 18.4 Å². The number of aromatic nitrogens is 2. The van der Waals surface area contributed by atoms with Crippen LogP contribution in [0.2, 0.25) is 0 Å². The molecular formula is C21H25N3O9. The summed E-state index contributed by atoms with van der Waals surface area (Å²) < 4.78 is 17.5. The van der Waals surface area contributed by atoms with Crippen molar-refractivity contribution in [1.29, 1.82) is 0 Å². The van der Waals surface area contributed by atoms with E-state index < -0.39 is 30.0 Å². The number of anilines is 1. The fourth-order valence-corrected chi connectivity index (χ4v) is 2.87. The van der Waals surface area contributed by atoms with Crippen molar-refractivity contribution < 1.29 is 43.6 Å². The van der Waals surface area contributed by atoms with Crippen LogP contribution in [0.3, 0.4) is 0 Å². The van der Waals surface area contributed by atoms with Crippen LogP contribution in [0.25, 0.3) is 0 Å². The third-order valence-electron chi connectivity index (χ3n) is 4.35. The van der Waals surface area contributed by atoms with Crippen molar-refractivity contribution in [2.45, 2.75) is 39.5 Å². The second-order valence-corrected chi connectivity index (χ2v) is 7.24. The number of carboxylic acids is 2. The zero-order chi connectivity index (χ0) is 24.5. The maximum atomic E-state index is 11.5. The van der Waals surface area contributed by atoms with Crippen molar-refractivity contribution in [2.24, 2.45) is 0 Å². The van der Waals surface area contributed by atoms with Gasteiger partial charge in [0.15, 0.2) is 0 Å². The number of benzene rings is 1. The quantitative estimate of drug-likeness (QED) is 0.296. The first kappa shape index (κ1) is 25.2. The number of hydrogen-bond acceptors (Lipinski definition) is 9. The van der Waals surface area contributed by atoms with Gasteiger partial charge in [0.05, 0.1) is 25.1 Å². The summed E-state index contributed by atoms with van der Waals surface area (Å²) in [5.74, 6) is -5.91. The Bertz CT molecular complexity index is 989. The lowest BCUT2D eigenvalue weighted by molar-refractivity contribution is -0.166. The second-order valence-electron chi connectivity index (χ2n) is 7.24. The molecule has 1 heterocycles. The number of carboxylic acid groups (broad SMARTS) is 2. The predicted molar refractivity (Wildman–Crippen MR) is 113 cm³/mol. The van der Waals surface area contributed by atoms with E-state index in [9.17, 15) is 19.2 Å². The molecule has 0 spiro atoms. The summed E-state index contributed by atoms with van der Waals surface area (Å²) in [5.41, 5.74) is 0.435. The van der Waals surface area contributed by atoms with Crippen molar-refractivity contribution in [2.75, 3.05) is 18.1 Å². The van der Waals surface area contributed by atoms with Gasteiger partial charge >= 0.3 is 23.9 Å². The fraction of sp³-hybridized carbons (Fsp3) is 0.381. The molecule has 2 rings (SSSR count). The van der Waals surface area contributed by atoms with E-state index in [1.165, 1.54) is 25.1 Å². The molecule has 2 N–H and O–H groups in total. The second kappa shape index (κ2) is 11.5. The average molecular weight is 463 g/mol. The minimum atomic E-state index is -1.74. The molecule has 12 nitrogen and oxygen atoms in total. The number of carbonyl (C=O) groups is 4. The SMILES string of the molecule is CC(CN(c1cc(OC(=O)C(=O)O)ccc1OCCn1ccnc1)C(C)C)OC(=O)C(=O)O. The Hall–Kier alpha value is -4.09. The first-order valence-electron chi connectivity index (χ1n) is 9.96. The first-order valence-corrected chi connectivity index (χ1v) is 9.96. The van der Waals surface area contributed by atoms with Gasteiger partial charge in [-0.3, -0.25) is 0 Å². The Morgan fingerprint density at radius 2 is 1.79 bits per heavy atom. The number of rotatable bonds is 10. The molecule has 0 saturated carbocycles. The molecular weight excluding hydrogens is 438 g/mol. The lowest BCUT2D eigenvalue weighted by atomic mass is 10.2. The molecule has 12 heteroatoms. The van der Waals surface area contributed by atoms with E-state index in [0.717, 1.165) is 0 Å². The maximum absolute atomic E-state index is 11.5. The van der Waals surface area contributed by atoms with Crippen LogP contribution >= 0.6 is 0 Å². The summed E-state index contributed by atoms with van der Waals surface area (Å²) in [6, 6.07) is 4.16. The van der Waals surface area contributed by atoms with Crippen molar-refractivity contribution in [1.82, 2.24) is 9.55 Å². The summed E-state index contributed by atoms with van der Waals surface area (Å²) in [6.45, 7) is 6.08. The van der Waals surface area contributed by atoms with Gasteiger partial charge in [0, 0.05) is 24.5 Å². The summed E-state index contributed by atoms with van der Waals surface area (Å²) in [5, 5.41) is 17.6. The molecule has 0 saturated heterocycles. The number of imidazole rings is 1. The highest BCUT2D eigenvalue weighted by molar-refractivity contribution is 6.29. The lowest BCUT2D eigenvalue weighted by Gasteiger charge is -2.32. The van der Waals surface area contributed by atoms with Gasteiger partial charge < -0.3 is 33.9 Å². The third kappa shape index (κ3) is 7.52. The molecule has 33 heavy (non-hydrogen) atoms. The van der Waals surface area contributed by atoms with Crippen LogP contribution in [0.5, 0.6) is 11.5 Å². The van der Waals surface area contributed by atoms with Crippen LogP contribution in [0, 0.1) is 0 Å². The van der Waals surface area contributed by atoms with E-state index in [4.69, 9.17) is 24.4 Å². The van der Waals surface area contributed by atoms with Gasteiger partial charge in [-0.2, -0.15) is 0 Å². The maximum Gasteiger partial charge on any atom is 0.422 e. The minimum Gasteiger partial charge on any atom is -0.490 e. The van der Waals surface area contributed by atoms with E-state index >= 15 is 0 Å².